The van der Waals surface area contributed by atoms with Gasteiger partial charge in [0.25, 0.3) is 0 Å². The molecule has 1 rings (SSSR count). The quantitative estimate of drug-likeness (QED) is 0.669. The van der Waals surface area contributed by atoms with E-state index in [1.165, 1.54) is 13.2 Å². The minimum atomic E-state index is -0.680. The summed E-state index contributed by atoms with van der Waals surface area (Å²) in [4.78, 5) is 15.2. The Morgan fingerprint density at radius 1 is 1.47 bits per heavy atom. The number of aromatic nitrogens is 1. The molecule has 1 heterocycles. The first-order valence-electron chi connectivity index (χ1n) is 4.60. The van der Waals surface area contributed by atoms with Crippen LogP contribution in [0.4, 0.5) is 4.39 Å². The van der Waals surface area contributed by atoms with Crippen molar-refractivity contribution in [2.45, 2.75) is 26.2 Å². The SMILES string of the molecule is COC(=O)c1cc(C(C)(C)C)ncc1F. The zero-order chi connectivity index (χ0) is 11.6. The fraction of sp³-hybridized carbons (Fsp3) is 0.455. The van der Waals surface area contributed by atoms with Gasteiger partial charge in [-0.25, -0.2) is 9.18 Å². The molecule has 0 saturated heterocycles. The summed E-state index contributed by atoms with van der Waals surface area (Å²) < 4.78 is 17.7. The third-order valence-corrected chi connectivity index (χ3v) is 2.03. The van der Waals surface area contributed by atoms with Crippen molar-refractivity contribution >= 4 is 5.97 Å². The number of methoxy groups -OCH3 is 1. The molecule has 1 aromatic rings. The normalized spacial score (nSPS) is 11.3. The third kappa shape index (κ3) is 2.52. The Bertz CT molecular complexity index is 383. The van der Waals surface area contributed by atoms with Crippen LogP contribution in [0.3, 0.4) is 0 Å². The number of carbonyl (C=O) groups excluding carboxylic acids is 1. The minimum Gasteiger partial charge on any atom is -0.465 e. The van der Waals surface area contributed by atoms with Gasteiger partial charge in [-0.1, -0.05) is 20.8 Å². The summed E-state index contributed by atoms with van der Waals surface area (Å²) in [5.41, 5.74) is 0.359. The molecule has 15 heavy (non-hydrogen) atoms. The van der Waals surface area contributed by atoms with Crippen LogP contribution in [0.1, 0.15) is 36.8 Å². The van der Waals surface area contributed by atoms with Gasteiger partial charge in [0, 0.05) is 11.1 Å². The summed E-state index contributed by atoms with van der Waals surface area (Å²) in [6.45, 7) is 5.82. The van der Waals surface area contributed by atoms with E-state index in [4.69, 9.17) is 0 Å². The van der Waals surface area contributed by atoms with Gasteiger partial charge in [-0.05, 0) is 6.07 Å². The van der Waals surface area contributed by atoms with E-state index < -0.39 is 11.8 Å². The van der Waals surface area contributed by atoms with Gasteiger partial charge in [0.05, 0.1) is 18.9 Å². The van der Waals surface area contributed by atoms with Crippen LogP contribution in [-0.2, 0) is 10.2 Å². The zero-order valence-corrected chi connectivity index (χ0v) is 9.30. The van der Waals surface area contributed by atoms with Gasteiger partial charge in [-0.3, -0.25) is 4.98 Å². The highest BCUT2D eigenvalue weighted by atomic mass is 19.1. The van der Waals surface area contributed by atoms with Gasteiger partial charge in [-0.2, -0.15) is 0 Å². The lowest BCUT2D eigenvalue weighted by atomic mass is 9.91. The predicted octanol–water partition coefficient (Wildman–Crippen LogP) is 2.30. The lowest BCUT2D eigenvalue weighted by Crippen LogP contribution is -2.16. The number of rotatable bonds is 1. The molecule has 0 radical (unpaired) electrons. The molecule has 0 amide bonds. The Labute approximate surface area is 88.3 Å². The van der Waals surface area contributed by atoms with Gasteiger partial charge in [0.2, 0.25) is 0 Å². The van der Waals surface area contributed by atoms with Crippen molar-refractivity contribution in [3.63, 3.8) is 0 Å². The zero-order valence-electron chi connectivity index (χ0n) is 9.30. The van der Waals surface area contributed by atoms with E-state index in [0.29, 0.717) is 5.69 Å². The second kappa shape index (κ2) is 3.96. The van der Waals surface area contributed by atoms with Gasteiger partial charge in [0.15, 0.2) is 5.82 Å². The highest BCUT2D eigenvalue weighted by molar-refractivity contribution is 5.89. The highest BCUT2D eigenvalue weighted by Gasteiger charge is 2.20. The molecular weight excluding hydrogens is 197 g/mol. The summed E-state index contributed by atoms with van der Waals surface area (Å²) in [6.07, 6.45) is 1.05. The largest absolute Gasteiger partial charge is 0.465 e. The molecule has 0 atom stereocenters. The lowest BCUT2D eigenvalue weighted by molar-refractivity contribution is 0.0595. The molecule has 0 aliphatic carbocycles. The molecule has 0 spiro atoms. The number of ether oxygens (including phenoxy) is 1. The standard InChI is InChI=1S/C11H14FNO2/c1-11(2,3)9-5-7(10(14)15-4)8(12)6-13-9/h5-6H,1-4H3. The third-order valence-electron chi connectivity index (χ3n) is 2.03. The van der Waals surface area contributed by atoms with Crippen molar-refractivity contribution in [1.29, 1.82) is 0 Å². The van der Waals surface area contributed by atoms with Gasteiger partial charge in [0.1, 0.15) is 0 Å². The van der Waals surface area contributed by atoms with Crippen LogP contribution in [0.15, 0.2) is 12.3 Å². The fourth-order valence-corrected chi connectivity index (χ4v) is 1.12. The first kappa shape index (κ1) is 11.6. The maximum absolute atomic E-state index is 13.2. The second-order valence-corrected chi connectivity index (χ2v) is 4.29. The molecule has 0 aliphatic rings. The first-order valence-corrected chi connectivity index (χ1v) is 4.60. The molecule has 82 valence electrons. The molecular formula is C11H14FNO2. The van der Waals surface area contributed by atoms with E-state index in [-0.39, 0.29) is 11.0 Å². The van der Waals surface area contributed by atoms with Crippen molar-refractivity contribution in [2.75, 3.05) is 7.11 Å². The van der Waals surface area contributed by atoms with Crippen LogP contribution in [0.5, 0.6) is 0 Å². The molecule has 4 heteroatoms. The Morgan fingerprint density at radius 2 is 2.07 bits per heavy atom. The number of halogens is 1. The van der Waals surface area contributed by atoms with E-state index in [0.717, 1.165) is 6.20 Å². The smallest absolute Gasteiger partial charge is 0.340 e. The summed E-state index contributed by atoms with van der Waals surface area (Å²) in [5.74, 6) is -1.34. The number of nitrogens with zero attached hydrogens (tertiary/aromatic N) is 1. The Balaban J connectivity index is 3.23. The lowest BCUT2D eigenvalue weighted by Gasteiger charge is -2.18. The minimum absolute atomic E-state index is 0.0718. The molecule has 0 aromatic carbocycles. The topological polar surface area (TPSA) is 39.2 Å². The van der Waals surface area contributed by atoms with Crippen molar-refractivity contribution < 1.29 is 13.9 Å². The van der Waals surface area contributed by atoms with Gasteiger partial charge >= 0.3 is 5.97 Å². The number of carbonyl (C=O) groups is 1. The van der Waals surface area contributed by atoms with Crippen molar-refractivity contribution in [3.8, 4) is 0 Å². The molecule has 0 fully saturated rings. The average molecular weight is 211 g/mol. The number of pyridine rings is 1. The van der Waals surface area contributed by atoms with E-state index in [1.807, 2.05) is 20.8 Å². The summed E-state index contributed by atoms with van der Waals surface area (Å²) >= 11 is 0. The van der Waals surface area contributed by atoms with Crippen LogP contribution in [-0.4, -0.2) is 18.1 Å². The first-order chi connectivity index (χ1) is 6.86. The maximum Gasteiger partial charge on any atom is 0.340 e. The highest BCUT2D eigenvalue weighted by Crippen LogP contribution is 2.21. The van der Waals surface area contributed by atoms with E-state index in [1.54, 1.807) is 0 Å². The van der Waals surface area contributed by atoms with E-state index in [9.17, 15) is 9.18 Å². The van der Waals surface area contributed by atoms with Gasteiger partial charge < -0.3 is 4.74 Å². The summed E-state index contributed by atoms with van der Waals surface area (Å²) in [5, 5.41) is 0. The van der Waals surface area contributed by atoms with Crippen LogP contribution < -0.4 is 0 Å². The van der Waals surface area contributed by atoms with Crippen LogP contribution in [0.25, 0.3) is 0 Å². The van der Waals surface area contributed by atoms with Crippen molar-refractivity contribution in [2.24, 2.45) is 0 Å². The Hall–Kier alpha value is -1.45. The van der Waals surface area contributed by atoms with E-state index >= 15 is 0 Å². The maximum atomic E-state index is 13.2. The van der Waals surface area contributed by atoms with Crippen LogP contribution in [0.2, 0.25) is 0 Å². The van der Waals surface area contributed by atoms with Crippen LogP contribution >= 0.6 is 0 Å². The average Bonchev–Trinajstić information content (AvgIpc) is 2.15. The van der Waals surface area contributed by atoms with Crippen molar-refractivity contribution in [3.05, 3.63) is 29.3 Å². The second-order valence-electron chi connectivity index (χ2n) is 4.29. The molecule has 0 N–H and O–H groups in total. The molecule has 0 aliphatic heterocycles. The summed E-state index contributed by atoms with van der Waals surface area (Å²) in [7, 11) is 1.22. The molecule has 1 aromatic heterocycles. The van der Waals surface area contributed by atoms with Crippen LogP contribution in [0, 0.1) is 5.82 Å². The van der Waals surface area contributed by atoms with Crippen molar-refractivity contribution in [1.82, 2.24) is 4.98 Å². The number of esters is 1. The monoisotopic (exact) mass is 211 g/mol. The summed E-state index contributed by atoms with van der Waals surface area (Å²) in [6, 6.07) is 1.43. The fourth-order valence-electron chi connectivity index (χ4n) is 1.12. The molecule has 0 saturated carbocycles. The molecule has 0 bridgehead atoms. The number of hydrogen-bond donors (Lipinski definition) is 0. The Morgan fingerprint density at radius 3 is 2.53 bits per heavy atom. The number of hydrogen-bond acceptors (Lipinski definition) is 3. The predicted molar refractivity (Wildman–Crippen MR) is 54.2 cm³/mol. The Kier molecular flexibility index (Phi) is 3.07. The molecule has 3 nitrogen and oxygen atoms in total. The van der Waals surface area contributed by atoms with Gasteiger partial charge in [-0.15, -0.1) is 0 Å². The molecule has 0 unspecified atom stereocenters. The van der Waals surface area contributed by atoms with E-state index in [2.05, 4.69) is 9.72 Å².